The van der Waals surface area contributed by atoms with Gasteiger partial charge in [-0.2, -0.15) is 0 Å². The van der Waals surface area contributed by atoms with Crippen molar-refractivity contribution in [1.82, 2.24) is 15.2 Å². The maximum Gasteiger partial charge on any atom is 0.327 e. The minimum absolute atomic E-state index is 0.375. The Bertz CT molecular complexity index is 490. The highest BCUT2D eigenvalue weighted by atomic mass is 32.2. The fraction of sp³-hybridized carbons (Fsp3) is 0.545. The number of carbonyl (C=O) groups is 2. The highest BCUT2D eigenvalue weighted by Gasteiger charge is 2.35. The monoisotopic (exact) mass is 285 g/mol. The molecule has 0 spiro atoms. The second-order valence-electron chi connectivity index (χ2n) is 4.30. The van der Waals surface area contributed by atoms with Crippen molar-refractivity contribution in [3.05, 3.63) is 17.8 Å². The molecule has 0 radical (unpaired) electrons. The fourth-order valence-corrected chi connectivity index (χ4v) is 2.89. The first-order chi connectivity index (χ1) is 8.99. The van der Waals surface area contributed by atoms with Gasteiger partial charge in [0.2, 0.25) is 5.89 Å². The highest BCUT2D eigenvalue weighted by molar-refractivity contribution is 7.99. The first kappa shape index (κ1) is 13.7. The second-order valence-corrected chi connectivity index (χ2v) is 5.30. The largest absolute Gasteiger partial charge is 0.480 e. The Morgan fingerprint density at radius 2 is 2.42 bits per heavy atom. The van der Waals surface area contributed by atoms with E-state index in [1.165, 1.54) is 16.7 Å². The van der Waals surface area contributed by atoms with Crippen LogP contribution in [0.1, 0.15) is 24.6 Å². The summed E-state index contributed by atoms with van der Waals surface area (Å²) in [5.41, 5.74) is 0. The standard InChI is InChI=1S/C11H15N3O4S/c1-6-3-12-9(18-6)7(2)13-11(17)14-5-19-4-8(14)10(15)16/h3,7-8H,4-5H2,1-2H3,(H,13,17)(H,15,16). The van der Waals surface area contributed by atoms with Gasteiger partial charge in [-0.3, -0.25) is 0 Å². The molecule has 2 amide bonds. The fourth-order valence-electron chi connectivity index (χ4n) is 1.75. The lowest BCUT2D eigenvalue weighted by Crippen LogP contribution is -2.47. The number of nitrogens with zero attached hydrogens (tertiary/aromatic N) is 2. The van der Waals surface area contributed by atoms with E-state index < -0.39 is 24.1 Å². The maximum absolute atomic E-state index is 12.0. The van der Waals surface area contributed by atoms with Crippen LogP contribution in [0.2, 0.25) is 0 Å². The summed E-state index contributed by atoms with van der Waals surface area (Å²) in [6.07, 6.45) is 1.57. The van der Waals surface area contributed by atoms with Gasteiger partial charge in [-0.25, -0.2) is 14.6 Å². The van der Waals surface area contributed by atoms with E-state index in [0.717, 1.165) is 0 Å². The number of rotatable bonds is 3. The molecular formula is C11H15N3O4S. The number of urea groups is 1. The molecule has 0 saturated carbocycles. The average Bonchev–Trinajstić information content (AvgIpc) is 2.96. The zero-order valence-corrected chi connectivity index (χ0v) is 11.4. The van der Waals surface area contributed by atoms with E-state index in [9.17, 15) is 9.59 Å². The summed E-state index contributed by atoms with van der Waals surface area (Å²) in [6.45, 7) is 3.50. The van der Waals surface area contributed by atoms with Crippen LogP contribution in [-0.2, 0) is 4.79 Å². The van der Waals surface area contributed by atoms with Crippen LogP contribution in [0.15, 0.2) is 10.6 Å². The van der Waals surface area contributed by atoms with Gasteiger partial charge >= 0.3 is 12.0 Å². The van der Waals surface area contributed by atoms with Crippen LogP contribution in [0.3, 0.4) is 0 Å². The van der Waals surface area contributed by atoms with Crippen LogP contribution in [0.25, 0.3) is 0 Å². The molecule has 0 aliphatic carbocycles. The van der Waals surface area contributed by atoms with Gasteiger partial charge in [0.05, 0.1) is 12.1 Å². The molecule has 1 aromatic rings. The number of aryl methyl sites for hydroxylation is 1. The molecular weight excluding hydrogens is 270 g/mol. The minimum atomic E-state index is -0.986. The van der Waals surface area contributed by atoms with Gasteiger partial charge < -0.3 is 19.7 Å². The van der Waals surface area contributed by atoms with Crippen molar-refractivity contribution in [2.75, 3.05) is 11.6 Å². The van der Waals surface area contributed by atoms with Crippen molar-refractivity contribution < 1.29 is 19.1 Å². The zero-order valence-electron chi connectivity index (χ0n) is 10.6. The van der Waals surface area contributed by atoms with Crippen LogP contribution in [-0.4, -0.2) is 44.7 Å². The number of hydrogen-bond donors (Lipinski definition) is 2. The number of carboxylic acids is 1. The molecule has 1 fully saturated rings. The number of carboxylic acid groups (broad SMARTS) is 1. The molecule has 0 bridgehead atoms. The van der Waals surface area contributed by atoms with Crippen molar-refractivity contribution in [3.63, 3.8) is 0 Å². The maximum atomic E-state index is 12.0. The molecule has 2 rings (SSSR count). The van der Waals surface area contributed by atoms with E-state index in [2.05, 4.69) is 10.3 Å². The summed E-state index contributed by atoms with van der Waals surface area (Å²) < 4.78 is 5.32. The lowest BCUT2D eigenvalue weighted by molar-refractivity contribution is -0.140. The number of nitrogens with one attached hydrogen (secondary N) is 1. The molecule has 1 aliphatic rings. The SMILES string of the molecule is Cc1cnc(C(C)NC(=O)N2CSCC2C(=O)O)o1. The van der Waals surface area contributed by atoms with Gasteiger partial charge in [0.1, 0.15) is 17.8 Å². The van der Waals surface area contributed by atoms with Crippen LogP contribution in [0.5, 0.6) is 0 Å². The van der Waals surface area contributed by atoms with Crippen LogP contribution in [0.4, 0.5) is 4.79 Å². The number of aliphatic carboxylic acids is 1. The van der Waals surface area contributed by atoms with E-state index in [1.807, 2.05) is 0 Å². The van der Waals surface area contributed by atoms with Crippen LogP contribution >= 0.6 is 11.8 Å². The molecule has 8 heteroatoms. The van der Waals surface area contributed by atoms with Crippen LogP contribution < -0.4 is 5.32 Å². The van der Waals surface area contributed by atoms with Gasteiger partial charge in [0.25, 0.3) is 0 Å². The first-order valence-electron chi connectivity index (χ1n) is 5.79. The average molecular weight is 285 g/mol. The van der Waals surface area contributed by atoms with Crippen molar-refractivity contribution in [2.45, 2.75) is 25.9 Å². The third-order valence-corrected chi connectivity index (χ3v) is 3.79. The van der Waals surface area contributed by atoms with E-state index >= 15 is 0 Å². The van der Waals surface area contributed by atoms with Gasteiger partial charge in [0, 0.05) is 5.75 Å². The minimum Gasteiger partial charge on any atom is -0.480 e. The Hall–Kier alpha value is -1.70. The van der Waals surface area contributed by atoms with Gasteiger partial charge in [-0.15, -0.1) is 11.8 Å². The molecule has 19 heavy (non-hydrogen) atoms. The Balaban J connectivity index is 1.99. The van der Waals surface area contributed by atoms with Crippen molar-refractivity contribution in [2.24, 2.45) is 0 Å². The van der Waals surface area contributed by atoms with E-state index in [0.29, 0.717) is 23.3 Å². The molecule has 2 unspecified atom stereocenters. The predicted octanol–water partition coefficient (Wildman–Crippen LogP) is 1.21. The lowest BCUT2D eigenvalue weighted by Gasteiger charge is -2.22. The Labute approximate surface area is 114 Å². The second kappa shape index (κ2) is 5.52. The van der Waals surface area contributed by atoms with E-state index in [4.69, 9.17) is 9.52 Å². The first-order valence-corrected chi connectivity index (χ1v) is 6.94. The van der Waals surface area contributed by atoms with Crippen molar-refractivity contribution in [1.29, 1.82) is 0 Å². The smallest absolute Gasteiger partial charge is 0.327 e. The topological polar surface area (TPSA) is 95.7 Å². The molecule has 0 aromatic carbocycles. The summed E-state index contributed by atoms with van der Waals surface area (Å²) in [6, 6.07) is -1.59. The Morgan fingerprint density at radius 1 is 1.68 bits per heavy atom. The molecule has 1 aliphatic heterocycles. The molecule has 2 atom stereocenters. The van der Waals surface area contributed by atoms with Gasteiger partial charge in [0.15, 0.2) is 0 Å². The van der Waals surface area contributed by atoms with E-state index in [-0.39, 0.29) is 0 Å². The summed E-state index contributed by atoms with van der Waals surface area (Å²) in [4.78, 5) is 28.4. The molecule has 104 valence electrons. The third kappa shape index (κ3) is 3.01. The zero-order chi connectivity index (χ0) is 14.0. The summed E-state index contributed by atoms with van der Waals surface area (Å²) in [5, 5.41) is 11.7. The number of thioether (sulfide) groups is 1. The van der Waals surface area contributed by atoms with E-state index in [1.54, 1.807) is 20.0 Å². The van der Waals surface area contributed by atoms with Crippen LogP contribution in [0, 0.1) is 6.92 Å². The lowest BCUT2D eigenvalue weighted by atomic mass is 10.3. The Morgan fingerprint density at radius 3 is 3.00 bits per heavy atom. The molecule has 1 aromatic heterocycles. The number of hydrogen-bond acceptors (Lipinski definition) is 5. The normalized spacial score (nSPS) is 20.3. The predicted molar refractivity (Wildman–Crippen MR) is 68.8 cm³/mol. The van der Waals surface area contributed by atoms with Gasteiger partial charge in [-0.1, -0.05) is 0 Å². The number of oxazole rings is 1. The summed E-state index contributed by atoms with van der Waals surface area (Å²) >= 11 is 1.42. The number of aromatic nitrogens is 1. The number of amides is 2. The summed E-state index contributed by atoms with van der Waals surface area (Å²) in [5.74, 6) is 0.871. The number of carbonyl (C=O) groups excluding carboxylic acids is 1. The molecule has 1 saturated heterocycles. The molecule has 2 N–H and O–H groups in total. The summed E-state index contributed by atoms with van der Waals surface area (Å²) in [7, 11) is 0. The quantitative estimate of drug-likeness (QED) is 0.866. The highest BCUT2D eigenvalue weighted by Crippen LogP contribution is 2.22. The van der Waals surface area contributed by atoms with Crippen molar-refractivity contribution >= 4 is 23.8 Å². The van der Waals surface area contributed by atoms with Gasteiger partial charge in [-0.05, 0) is 13.8 Å². The third-order valence-electron chi connectivity index (χ3n) is 2.78. The van der Waals surface area contributed by atoms with Crippen molar-refractivity contribution in [3.8, 4) is 0 Å². The Kier molecular flexibility index (Phi) is 3.98. The molecule has 7 nitrogen and oxygen atoms in total. The molecule has 2 heterocycles.